The second-order valence-corrected chi connectivity index (χ2v) is 8.85. The average Bonchev–Trinajstić information content (AvgIpc) is 3.50. The number of fused-ring (bicyclic) bond motifs is 6. The number of anilines is 1. The SMILES string of the molecule is Cc1cc2nc(N)c3cncn3c2cc1C(=O)N(C)C1COCc2c1ccn1cc(C(F)(F)F)nc21. The fourth-order valence-electron chi connectivity index (χ4n) is 4.79. The highest BCUT2D eigenvalue weighted by Crippen LogP contribution is 2.35. The van der Waals surface area contributed by atoms with E-state index in [4.69, 9.17) is 10.5 Å². The number of aromatic nitrogens is 5. The first kappa shape index (κ1) is 22.3. The normalized spacial score (nSPS) is 16.1. The number of hydrogen-bond acceptors (Lipinski definition) is 6. The Morgan fingerprint density at radius 1 is 1.25 bits per heavy atom. The highest BCUT2D eigenvalue weighted by molar-refractivity contribution is 6.00. The molecule has 1 unspecified atom stereocenters. The topological polar surface area (TPSA) is 103 Å². The van der Waals surface area contributed by atoms with Crippen LogP contribution in [-0.4, -0.2) is 48.2 Å². The van der Waals surface area contributed by atoms with E-state index in [-0.39, 0.29) is 24.8 Å². The minimum absolute atomic E-state index is 0.104. The van der Waals surface area contributed by atoms with Crippen LogP contribution in [0.1, 0.15) is 38.8 Å². The second-order valence-electron chi connectivity index (χ2n) is 8.85. The van der Waals surface area contributed by atoms with Crippen LogP contribution in [0.3, 0.4) is 0 Å². The molecule has 1 aliphatic heterocycles. The van der Waals surface area contributed by atoms with Crippen molar-refractivity contribution in [2.45, 2.75) is 25.7 Å². The van der Waals surface area contributed by atoms with Gasteiger partial charge in [-0.15, -0.1) is 0 Å². The van der Waals surface area contributed by atoms with Crippen LogP contribution in [0, 0.1) is 6.92 Å². The van der Waals surface area contributed by atoms with E-state index in [2.05, 4.69) is 15.0 Å². The molecule has 4 aromatic heterocycles. The Kier molecular flexibility index (Phi) is 4.74. The number of carbonyl (C=O) groups is 1. The minimum atomic E-state index is -4.56. The van der Waals surface area contributed by atoms with Gasteiger partial charge in [-0.25, -0.2) is 15.0 Å². The molecule has 0 saturated heterocycles. The second kappa shape index (κ2) is 7.65. The monoisotopic (exact) mass is 495 g/mol. The zero-order chi connectivity index (χ0) is 25.4. The van der Waals surface area contributed by atoms with Gasteiger partial charge >= 0.3 is 6.18 Å². The fraction of sp³-hybridized carbons (Fsp3) is 0.250. The van der Waals surface area contributed by atoms with Gasteiger partial charge in [0.1, 0.15) is 17.0 Å². The lowest BCUT2D eigenvalue weighted by Gasteiger charge is -2.33. The Hall–Kier alpha value is -4.19. The summed E-state index contributed by atoms with van der Waals surface area (Å²) in [6, 6.07) is 4.76. The van der Waals surface area contributed by atoms with E-state index in [0.717, 1.165) is 6.20 Å². The lowest BCUT2D eigenvalue weighted by atomic mass is 9.98. The molecule has 2 N–H and O–H groups in total. The largest absolute Gasteiger partial charge is 0.434 e. The van der Waals surface area contributed by atoms with Gasteiger partial charge in [0.15, 0.2) is 5.69 Å². The standard InChI is InChI=1S/C24H20F3N7O2/c1-12-5-16-17(34-11-29-7-18(34)21(28)30-16)6-14(12)23(35)32(2)19-10-36-9-15-13(19)3-4-33-8-20(24(25,26)27)31-22(15)33/h3-8,11,19H,9-10H2,1-2H3,(H2,28,30). The van der Waals surface area contributed by atoms with Crippen molar-refractivity contribution in [1.82, 2.24) is 28.7 Å². The van der Waals surface area contributed by atoms with Gasteiger partial charge in [-0.2, -0.15) is 13.2 Å². The van der Waals surface area contributed by atoms with Gasteiger partial charge in [0.05, 0.1) is 42.8 Å². The summed E-state index contributed by atoms with van der Waals surface area (Å²) >= 11 is 0. The van der Waals surface area contributed by atoms with E-state index in [1.165, 1.54) is 10.6 Å². The smallest absolute Gasteiger partial charge is 0.382 e. The lowest BCUT2D eigenvalue weighted by molar-refractivity contribution is -0.140. The lowest BCUT2D eigenvalue weighted by Crippen LogP contribution is -2.36. The first-order chi connectivity index (χ1) is 17.1. The number of ether oxygens (including phenoxy) is 1. The van der Waals surface area contributed by atoms with Crippen LogP contribution in [0.5, 0.6) is 0 Å². The van der Waals surface area contributed by atoms with Crippen LogP contribution >= 0.6 is 0 Å². The number of amides is 1. The average molecular weight is 495 g/mol. The Morgan fingerprint density at radius 3 is 2.83 bits per heavy atom. The molecule has 5 aromatic rings. The summed E-state index contributed by atoms with van der Waals surface area (Å²) in [7, 11) is 1.65. The summed E-state index contributed by atoms with van der Waals surface area (Å²) in [6.07, 6.45) is 1.13. The van der Waals surface area contributed by atoms with Crippen LogP contribution in [0.25, 0.3) is 22.2 Å². The quantitative estimate of drug-likeness (QED) is 0.400. The van der Waals surface area contributed by atoms with E-state index >= 15 is 0 Å². The number of carbonyl (C=O) groups excluding carboxylic acids is 1. The number of likely N-dealkylation sites (N-methyl/N-ethyl adjacent to an activating group) is 1. The summed E-state index contributed by atoms with van der Waals surface area (Å²) in [5, 5.41) is 0. The van der Waals surface area contributed by atoms with Crippen molar-refractivity contribution >= 4 is 33.9 Å². The van der Waals surface area contributed by atoms with Crippen molar-refractivity contribution in [3.63, 3.8) is 0 Å². The number of alkyl halides is 3. The number of nitrogen functional groups attached to an aromatic ring is 1. The fourth-order valence-corrected chi connectivity index (χ4v) is 4.79. The number of aryl methyl sites for hydroxylation is 1. The van der Waals surface area contributed by atoms with Gasteiger partial charge in [-0.05, 0) is 36.2 Å². The number of benzene rings is 1. The molecule has 0 radical (unpaired) electrons. The number of pyridine rings is 1. The van der Waals surface area contributed by atoms with E-state index in [9.17, 15) is 18.0 Å². The molecule has 0 aliphatic carbocycles. The van der Waals surface area contributed by atoms with Crippen molar-refractivity contribution in [3.8, 4) is 0 Å². The molecule has 36 heavy (non-hydrogen) atoms. The van der Waals surface area contributed by atoms with Gasteiger partial charge in [-0.1, -0.05) is 0 Å². The van der Waals surface area contributed by atoms with Gasteiger partial charge in [-0.3, -0.25) is 9.20 Å². The first-order valence-electron chi connectivity index (χ1n) is 11.1. The molecule has 1 aliphatic rings. The highest BCUT2D eigenvalue weighted by atomic mass is 19.4. The summed E-state index contributed by atoms with van der Waals surface area (Å²) in [6.45, 7) is 2.12. The molecular formula is C24H20F3N7O2. The summed E-state index contributed by atoms with van der Waals surface area (Å²) in [4.78, 5) is 27.6. The van der Waals surface area contributed by atoms with Gasteiger partial charge in [0.2, 0.25) is 0 Å². The van der Waals surface area contributed by atoms with E-state index in [1.807, 2.05) is 6.92 Å². The van der Waals surface area contributed by atoms with Crippen molar-refractivity contribution in [2.24, 2.45) is 0 Å². The number of hydrogen-bond donors (Lipinski definition) is 1. The number of rotatable bonds is 2. The third-order valence-corrected chi connectivity index (χ3v) is 6.68. The molecule has 12 heteroatoms. The Morgan fingerprint density at radius 2 is 2.06 bits per heavy atom. The molecule has 1 aromatic carbocycles. The van der Waals surface area contributed by atoms with Crippen LogP contribution in [-0.2, 0) is 17.5 Å². The van der Waals surface area contributed by atoms with Crippen molar-refractivity contribution in [1.29, 1.82) is 0 Å². The molecule has 0 fully saturated rings. The highest BCUT2D eigenvalue weighted by Gasteiger charge is 2.36. The van der Waals surface area contributed by atoms with Crippen LogP contribution in [0.4, 0.5) is 19.0 Å². The van der Waals surface area contributed by atoms with Crippen molar-refractivity contribution in [3.05, 3.63) is 71.1 Å². The molecule has 0 bridgehead atoms. The Balaban J connectivity index is 1.41. The molecule has 1 amide bonds. The van der Waals surface area contributed by atoms with E-state index in [1.54, 1.807) is 47.1 Å². The predicted octanol–water partition coefficient (Wildman–Crippen LogP) is 3.78. The maximum atomic E-state index is 13.7. The van der Waals surface area contributed by atoms with Gasteiger partial charge in [0.25, 0.3) is 5.91 Å². The molecule has 0 spiro atoms. The first-order valence-corrected chi connectivity index (χ1v) is 11.1. The maximum Gasteiger partial charge on any atom is 0.434 e. The Bertz CT molecular complexity index is 1690. The van der Waals surface area contributed by atoms with Crippen LogP contribution in [0.2, 0.25) is 0 Å². The molecular weight excluding hydrogens is 475 g/mol. The third-order valence-electron chi connectivity index (χ3n) is 6.68. The van der Waals surface area contributed by atoms with E-state index in [0.29, 0.717) is 44.6 Å². The number of halogens is 3. The maximum absolute atomic E-state index is 13.7. The van der Waals surface area contributed by atoms with E-state index < -0.39 is 17.9 Å². The molecule has 9 nitrogen and oxygen atoms in total. The number of nitrogens with zero attached hydrogens (tertiary/aromatic N) is 6. The number of nitrogens with two attached hydrogens (primary N) is 1. The summed E-state index contributed by atoms with van der Waals surface area (Å²) in [5.74, 6) is 0.0747. The van der Waals surface area contributed by atoms with Crippen molar-refractivity contribution < 1.29 is 22.7 Å². The number of imidazole rings is 2. The van der Waals surface area contributed by atoms with Gasteiger partial charge in [0, 0.05) is 30.6 Å². The van der Waals surface area contributed by atoms with Crippen LogP contribution < -0.4 is 5.73 Å². The molecule has 0 saturated carbocycles. The summed E-state index contributed by atoms with van der Waals surface area (Å²) < 4.78 is 48.5. The molecule has 184 valence electrons. The molecule has 1 atom stereocenters. The summed E-state index contributed by atoms with van der Waals surface area (Å²) in [5.41, 5.74) is 9.57. The van der Waals surface area contributed by atoms with Gasteiger partial charge < -0.3 is 19.8 Å². The predicted molar refractivity (Wildman–Crippen MR) is 124 cm³/mol. The van der Waals surface area contributed by atoms with Crippen LogP contribution in [0.15, 0.2) is 43.1 Å². The minimum Gasteiger partial charge on any atom is -0.382 e. The zero-order valence-electron chi connectivity index (χ0n) is 19.2. The van der Waals surface area contributed by atoms with Crippen molar-refractivity contribution in [2.75, 3.05) is 19.4 Å². The zero-order valence-corrected chi connectivity index (χ0v) is 19.2. The third kappa shape index (κ3) is 3.28. The molecule has 5 heterocycles. The molecule has 6 rings (SSSR count). The Labute approximate surface area is 201 Å².